The van der Waals surface area contributed by atoms with Gasteiger partial charge in [0.2, 0.25) is 5.91 Å². The van der Waals surface area contributed by atoms with Gasteiger partial charge in [-0.05, 0) is 18.9 Å². The van der Waals surface area contributed by atoms with E-state index in [1.54, 1.807) is 0 Å². The molecule has 3 nitrogen and oxygen atoms in total. The molecule has 1 atom stereocenters. The van der Waals surface area contributed by atoms with Crippen LogP contribution in [0.3, 0.4) is 0 Å². The molecule has 0 saturated heterocycles. The first-order valence-corrected chi connectivity index (χ1v) is 6.87. The van der Waals surface area contributed by atoms with E-state index in [2.05, 4.69) is 5.32 Å². The Bertz CT molecular complexity index is 438. The molecule has 0 aromatic heterocycles. The average Bonchev–Trinajstić information content (AvgIpc) is 2.93. The molecule has 1 amide bonds. The molecule has 1 saturated carbocycles. The Kier molecular flexibility index (Phi) is 3.22. The molecule has 18 heavy (non-hydrogen) atoms. The number of ether oxygens (including phenoxy) is 1. The smallest absolute Gasteiger partial charge is 0.223 e. The van der Waals surface area contributed by atoms with Crippen LogP contribution in [0.4, 0.5) is 0 Å². The molecular weight excluding hydrogens is 226 g/mol. The van der Waals surface area contributed by atoms with E-state index < -0.39 is 0 Å². The van der Waals surface area contributed by atoms with Gasteiger partial charge in [-0.2, -0.15) is 0 Å². The van der Waals surface area contributed by atoms with Crippen LogP contribution in [0.5, 0.6) is 5.75 Å². The van der Waals surface area contributed by atoms with E-state index in [4.69, 9.17) is 4.74 Å². The minimum absolute atomic E-state index is 0.128. The number of carbonyl (C=O) groups is 1. The fourth-order valence-corrected chi connectivity index (χ4v) is 2.97. The first-order valence-electron chi connectivity index (χ1n) is 6.87. The Labute approximate surface area is 108 Å². The van der Waals surface area contributed by atoms with Crippen LogP contribution >= 0.6 is 0 Å². The zero-order valence-electron chi connectivity index (χ0n) is 10.5. The molecule has 3 heteroatoms. The van der Waals surface area contributed by atoms with Gasteiger partial charge in [-0.3, -0.25) is 4.79 Å². The fourth-order valence-electron chi connectivity index (χ4n) is 2.97. The number of nitrogens with one attached hydrogen (secondary N) is 1. The van der Waals surface area contributed by atoms with Crippen LogP contribution in [0.25, 0.3) is 0 Å². The molecule has 1 unspecified atom stereocenters. The van der Waals surface area contributed by atoms with Crippen LogP contribution in [0.15, 0.2) is 24.3 Å². The summed E-state index contributed by atoms with van der Waals surface area (Å²) in [5.74, 6) is 1.38. The maximum absolute atomic E-state index is 12.2. The lowest BCUT2D eigenvalue weighted by molar-refractivity contribution is -0.125. The monoisotopic (exact) mass is 245 g/mol. The zero-order chi connectivity index (χ0) is 12.4. The molecule has 1 aliphatic heterocycles. The second kappa shape index (κ2) is 5.01. The molecular formula is C15H19NO2. The van der Waals surface area contributed by atoms with Gasteiger partial charge in [0, 0.05) is 17.9 Å². The first kappa shape index (κ1) is 11.6. The molecule has 3 rings (SSSR count). The van der Waals surface area contributed by atoms with Gasteiger partial charge in [0.25, 0.3) is 0 Å². The Balaban J connectivity index is 1.72. The Morgan fingerprint density at radius 2 is 1.94 bits per heavy atom. The fraction of sp³-hybridized carbons (Fsp3) is 0.533. The van der Waals surface area contributed by atoms with Crippen molar-refractivity contribution < 1.29 is 9.53 Å². The van der Waals surface area contributed by atoms with Crippen molar-refractivity contribution >= 4 is 5.91 Å². The van der Waals surface area contributed by atoms with Crippen molar-refractivity contribution in [3.05, 3.63) is 29.8 Å². The summed E-state index contributed by atoms with van der Waals surface area (Å²) in [5.41, 5.74) is 1.12. The zero-order valence-corrected chi connectivity index (χ0v) is 10.5. The lowest BCUT2D eigenvalue weighted by atomic mass is 9.99. The van der Waals surface area contributed by atoms with Gasteiger partial charge >= 0.3 is 0 Å². The van der Waals surface area contributed by atoms with Gasteiger partial charge < -0.3 is 10.1 Å². The van der Waals surface area contributed by atoms with E-state index in [0.29, 0.717) is 6.61 Å². The second-order valence-electron chi connectivity index (χ2n) is 5.22. The van der Waals surface area contributed by atoms with Crippen LogP contribution in [-0.4, -0.2) is 12.5 Å². The highest BCUT2D eigenvalue weighted by atomic mass is 16.5. The SMILES string of the molecule is O=C(NC1CCOc2ccccc21)C1CCCC1. The minimum Gasteiger partial charge on any atom is -0.493 e. The number of hydrogen-bond donors (Lipinski definition) is 1. The highest BCUT2D eigenvalue weighted by Crippen LogP contribution is 2.32. The van der Waals surface area contributed by atoms with Crippen LogP contribution in [-0.2, 0) is 4.79 Å². The molecule has 0 spiro atoms. The average molecular weight is 245 g/mol. The molecule has 0 bridgehead atoms. The molecule has 96 valence electrons. The first-order chi connectivity index (χ1) is 8.84. The molecule has 1 aromatic carbocycles. The number of rotatable bonds is 2. The van der Waals surface area contributed by atoms with Crippen molar-refractivity contribution in [2.45, 2.75) is 38.1 Å². The Morgan fingerprint density at radius 3 is 2.78 bits per heavy atom. The van der Waals surface area contributed by atoms with Crippen molar-refractivity contribution in [1.82, 2.24) is 5.32 Å². The summed E-state index contributed by atoms with van der Waals surface area (Å²) in [6.07, 6.45) is 5.37. The van der Waals surface area contributed by atoms with E-state index in [1.807, 2.05) is 24.3 Å². The van der Waals surface area contributed by atoms with Crippen LogP contribution < -0.4 is 10.1 Å². The van der Waals surface area contributed by atoms with Crippen molar-refractivity contribution in [1.29, 1.82) is 0 Å². The van der Waals surface area contributed by atoms with Gasteiger partial charge in [-0.1, -0.05) is 31.0 Å². The number of carbonyl (C=O) groups excluding carboxylic acids is 1. The number of amides is 1. The maximum atomic E-state index is 12.2. The predicted octanol–water partition coefficient (Wildman–Crippen LogP) is 2.82. The number of para-hydroxylation sites is 1. The van der Waals surface area contributed by atoms with Crippen molar-refractivity contribution in [2.75, 3.05) is 6.61 Å². The molecule has 2 aliphatic rings. The Morgan fingerprint density at radius 1 is 1.17 bits per heavy atom. The van der Waals surface area contributed by atoms with Gasteiger partial charge in [0.15, 0.2) is 0 Å². The molecule has 0 radical (unpaired) electrons. The maximum Gasteiger partial charge on any atom is 0.223 e. The summed E-state index contributed by atoms with van der Waals surface area (Å²) in [6.45, 7) is 0.687. The van der Waals surface area contributed by atoms with Crippen molar-refractivity contribution in [3.63, 3.8) is 0 Å². The summed E-state index contributed by atoms with van der Waals surface area (Å²) in [6, 6.07) is 8.13. The topological polar surface area (TPSA) is 38.3 Å². The minimum atomic E-state index is 0.128. The molecule has 1 aromatic rings. The van der Waals surface area contributed by atoms with Crippen LogP contribution in [0, 0.1) is 5.92 Å². The normalized spacial score (nSPS) is 23.2. The third kappa shape index (κ3) is 2.22. The van der Waals surface area contributed by atoms with Gasteiger partial charge in [-0.15, -0.1) is 0 Å². The Hall–Kier alpha value is -1.51. The third-order valence-electron chi connectivity index (χ3n) is 4.00. The van der Waals surface area contributed by atoms with E-state index in [9.17, 15) is 4.79 Å². The van der Waals surface area contributed by atoms with Gasteiger partial charge in [0.05, 0.1) is 12.6 Å². The molecule has 1 N–H and O–H groups in total. The van der Waals surface area contributed by atoms with Crippen LogP contribution in [0.2, 0.25) is 0 Å². The number of fused-ring (bicyclic) bond motifs is 1. The number of benzene rings is 1. The van der Waals surface area contributed by atoms with Crippen molar-refractivity contribution in [2.24, 2.45) is 5.92 Å². The van der Waals surface area contributed by atoms with E-state index >= 15 is 0 Å². The van der Waals surface area contributed by atoms with E-state index in [-0.39, 0.29) is 17.9 Å². The lowest BCUT2D eigenvalue weighted by Crippen LogP contribution is -2.35. The highest BCUT2D eigenvalue weighted by Gasteiger charge is 2.27. The van der Waals surface area contributed by atoms with E-state index in [0.717, 1.165) is 30.6 Å². The van der Waals surface area contributed by atoms with Crippen LogP contribution in [0.1, 0.15) is 43.7 Å². The summed E-state index contributed by atoms with van der Waals surface area (Å²) >= 11 is 0. The van der Waals surface area contributed by atoms with Crippen molar-refractivity contribution in [3.8, 4) is 5.75 Å². The summed E-state index contributed by atoms with van der Waals surface area (Å²) in [4.78, 5) is 12.2. The van der Waals surface area contributed by atoms with Gasteiger partial charge in [0.1, 0.15) is 5.75 Å². The summed E-state index contributed by atoms with van der Waals surface area (Å²) in [7, 11) is 0. The standard InChI is InChI=1S/C15H19NO2/c17-15(11-5-1-2-6-11)16-13-9-10-18-14-8-4-3-7-12(13)14/h3-4,7-8,11,13H,1-2,5-6,9-10H2,(H,16,17). The molecule has 1 fully saturated rings. The summed E-state index contributed by atoms with van der Waals surface area (Å²) < 4.78 is 5.61. The third-order valence-corrected chi connectivity index (χ3v) is 4.00. The van der Waals surface area contributed by atoms with E-state index in [1.165, 1.54) is 12.8 Å². The molecule has 1 heterocycles. The number of hydrogen-bond acceptors (Lipinski definition) is 2. The summed E-state index contributed by atoms with van der Waals surface area (Å²) in [5, 5.41) is 3.20. The van der Waals surface area contributed by atoms with Gasteiger partial charge in [-0.25, -0.2) is 0 Å². The second-order valence-corrected chi connectivity index (χ2v) is 5.22. The highest BCUT2D eigenvalue weighted by molar-refractivity contribution is 5.79. The molecule has 1 aliphatic carbocycles. The largest absolute Gasteiger partial charge is 0.493 e. The lowest BCUT2D eigenvalue weighted by Gasteiger charge is -2.27. The predicted molar refractivity (Wildman–Crippen MR) is 69.4 cm³/mol. The quantitative estimate of drug-likeness (QED) is 0.870.